The summed E-state index contributed by atoms with van der Waals surface area (Å²) in [6.07, 6.45) is 2.44. The highest BCUT2D eigenvalue weighted by molar-refractivity contribution is 8.00. The number of alkyl halides is 1. The van der Waals surface area contributed by atoms with E-state index in [0.29, 0.717) is 11.4 Å². The molecule has 1 amide bonds. The SMILES string of the molecule is CC1(CNC(=O)c2ccc(CCl)cc2)CCCS1. The van der Waals surface area contributed by atoms with Crippen LogP contribution < -0.4 is 5.32 Å². The van der Waals surface area contributed by atoms with E-state index in [2.05, 4.69) is 12.2 Å². The first-order chi connectivity index (χ1) is 8.63. The van der Waals surface area contributed by atoms with Gasteiger partial charge in [0.25, 0.3) is 5.91 Å². The zero-order valence-electron chi connectivity index (χ0n) is 10.5. The average Bonchev–Trinajstić information content (AvgIpc) is 2.83. The van der Waals surface area contributed by atoms with Gasteiger partial charge in [0, 0.05) is 22.7 Å². The molecule has 0 aromatic heterocycles. The van der Waals surface area contributed by atoms with Gasteiger partial charge in [-0.1, -0.05) is 12.1 Å². The first-order valence-electron chi connectivity index (χ1n) is 6.20. The van der Waals surface area contributed by atoms with Crippen LogP contribution in [0.4, 0.5) is 0 Å². The zero-order valence-corrected chi connectivity index (χ0v) is 12.1. The van der Waals surface area contributed by atoms with Crippen LogP contribution in [0.3, 0.4) is 0 Å². The number of hydrogen-bond donors (Lipinski definition) is 1. The lowest BCUT2D eigenvalue weighted by molar-refractivity contribution is 0.0950. The summed E-state index contributed by atoms with van der Waals surface area (Å²) in [5, 5.41) is 3.03. The van der Waals surface area contributed by atoms with Gasteiger partial charge >= 0.3 is 0 Å². The lowest BCUT2D eigenvalue weighted by Gasteiger charge is -2.22. The predicted molar refractivity (Wildman–Crippen MR) is 78.4 cm³/mol. The number of hydrogen-bond acceptors (Lipinski definition) is 2. The molecule has 4 heteroatoms. The van der Waals surface area contributed by atoms with E-state index >= 15 is 0 Å². The van der Waals surface area contributed by atoms with Crippen LogP contribution in [0.5, 0.6) is 0 Å². The molecule has 0 bridgehead atoms. The van der Waals surface area contributed by atoms with Gasteiger partial charge in [-0.2, -0.15) is 11.8 Å². The molecule has 1 unspecified atom stereocenters. The number of halogens is 1. The highest BCUT2D eigenvalue weighted by Crippen LogP contribution is 2.36. The molecule has 1 fully saturated rings. The van der Waals surface area contributed by atoms with Crippen LogP contribution >= 0.6 is 23.4 Å². The number of carbonyl (C=O) groups excluding carboxylic acids is 1. The maximum Gasteiger partial charge on any atom is 0.251 e. The van der Waals surface area contributed by atoms with Gasteiger partial charge in [-0.25, -0.2) is 0 Å². The molecule has 1 aliphatic rings. The van der Waals surface area contributed by atoms with Crippen LogP contribution in [-0.2, 0) is 5.88 Å². The van der Waals surface area contributed by atoms with E-state index in [9.17, 15) is 4.79 Å². The Morgan fingerprint density at radius 1 is 1.44 bits per heavy atom. The fourth-order valence-corrected chi connectivity index (χ4v) is 3.51. The van der Waals surface area contributed by atoms with Crippen molar-refractivity contribution in [2.24, 2.45) is 0 Å². The summed E-state index contributed by atoms with van der Waals surface area (Å²) in [5.74, 6) is 1.69. The minimum absolute atomic E-state index is 0.00449. The van der Waals surface area contributed by atoms with Crippen molar-refractivity contribution >= 4 is 29.3 Å². The molecule has 1 aromatic rings. The molecule has 1 saturated heterocycles. The van der Waals surface area contributed by atoms with E-state index in [4.69, 9.17) is 11.6 Å². The van der Waals surface area contributed by atoms with E-state index in [0.717, 1.165) is 12.1 Å². The molecule has 0 radical (unpaired) electrons. The molecule has 1 N–H and O–H groups in total. The highest BCUT2D eigenvalue weighted by Gasteiger charge is 2.29. The molecule has 1 heterocycles. The minimum Gasteiger partial charge on any atom is -0.351 e. The van der Waals surface area contributed by atoms with Crippen molar-refractivity contribution in [1.82, 2.24) is 5.32 Å². The van der Waals surface area contributed by atoms with E-state index in [1.807, 2.05) is 36.0 Å². The van der Waals surface area contributed by atoms with Gasteiger partial charge in [0.15, 0.2) is 0 Å². The fraction of sp³-hybridized carbons (Fsp3) is 0.500. The van der Waals surface area contributed by atoms with Crippen LogP contribution in [0.15, 0.2) is 24.3 Å². The van der Waals surface area contributed by atoms with E-state index in [1.54, 1.807) is 0 Å². The topological polar surface area (TPSA) is 29.1 Å². The van der Waals surface area contributed by atoms with Crippen molar-refractivity contribution in [3.8, 4) is 0 Å². The fourth-order valence-electron chi connectivity index (χ4n) is 2.09. The summed E-state index contributed by atoms with van der Waals surface area (Å²) in [4.78, 5) is 12.0. The first-order valence-corrected chi connectivity index (χ1v) is 7.72. The monoisotopic (exact) mass is 283 g/mol. The molecule has 2 rings (SSSR count). The van der Waals surface area contributed by atoms with Crippen molar-refractivity contribution in [3.05, 3.63) is 35.4 Å². The number of benzene rings is 1. The summed E-state index contributed by atoms with van der Waals surface area (Å²) < 4.78 is 0.214. The van der Waals surface area contributed by atoms with Gasteiger partial charge in [-0.3, -0.25) is 4.79 Å². The largest absolute Gasteiger partial charge is 0.351 e. The molecule has 0 spiro atoms. The maximum absolute atomic E-state index is 12.0. The van der Waals surface area contributed by atoms with Crippen LogP contribution in [0.25, 0.3) is 0 Å². The summed E-state index contributed by atoms with van der Waals surface area (Å²) in [6, 6.07) is 7.45. The summed E-state index contributed by atoms with van der Waals surface area (Å²) in [7, 11) is 0. The maximum atomic E-state index is 12.0. The second-order valence-corrected chi connectivity index (χ2v) is 6.86. The molecule has 0 saturated carbocycles. The van der Waals surface area contributed by atoms with Gasteiger partial charge in [0.1, 0.15) is 0 Å². The van der Waals surface area contributed by atoms with Crippen molar-refractivity contribution in [2.45, 2.75) is 30.4 Å². The van der Waals surface area contributed by atoms with Gasteiger partial charge in [-0.05, 0) is 43.2 Å². The Hall–Kier alpha value is -0.670. The van der Waals surface area contributed by atoms with Gasteiger partial charge in [0.2, 0.25) is 0 Å². The van der Waals surface area contributed by atoms with Crippen molar-refractivity contribution in [1.29, 1.82) is 0 Å². The lowest BCUT2D eigenvalue weighted by atomic mass is 10.1. The number of nitrogens with one attached hydrogen (secondary N) is 1. The molecule has 1 atom stereocenters. The van der Waals surface area contributed by atoms with Gasteiger partial charge in [0.05, 0.1) is 0 Å². The van der Waals surface area contributed by atoms with Crippen molar-refractivity contribution in [2.75, 3.05) is 12.3 Å². The van der Waals surface area contributed by atoms with Crippen LogP contribution in [0.2, 0.25) is 0 Å². The highest BCUT2D eigenvalue weighted by atomic mass is 35.5. The molecule has 18 heavy (non-hydrogen) atoms. The summed E-state index contributed by atoms with van der Waals surface area (Å²) in [6.45, 7) is 2.97. The van der Waals surface area contributed by atoms with E-state index in [-0.39, 0.29) is 10.7 Å². The molecular formula is C14H18ClNOS. The number of amides is 1. The normalized spacial score (nSPS) is 23.0. The standard InChI is InChI=1S/C14H18ClNOS/c1-14(7-2-8-18-14)10-16-13(17)12-5-3-11(9-15)4-6-12/h3-6H,2,7-10H2,1H3,(H,16,17). The predicted octanol–water partition coefficient (Wildman–Crippen LogP) is 3.44. The second kappa shape index (κ2) is 5.98. The molecule has 1 aliphatic heterocycles. The summed E-state index contributed by atoms with van der Waals surface area (Å²) in [5.41, 5.74) is 1.74. The summed E-state index contributed by atoms with van der Waals surface area (Å²) >= 11 is 7.68. The molecule has 2 nitrogen and oxygen atoms in total. The van der Waals surface area contributed by atoms with Crippen molar-refractivity contribution < 1.29 is 4.79 Å². The van der Waals surface area contributed by atoms with Crippen molar-refractivity contribution in [3.63, 3.8) is 0 Å². The number of carbonyl (C=O) groups is 1. The second-order valence-electron chi connectivity index (χ2n) is 4.92. The number of thioether (sulfide) groups is 1. The third-order valence-corrected chi connectivity index (χ3v) is 5.14. The van der Waals surface area contributed by atoms with Gasteiger partial charge in [-0.15, -0.1) is 11.6 Å². The Morgan fingerprint density at radius 2 is 2.17 bits per heavy atom. The Bertz CT molecular complexity index is 412. The first kappa shape index (κ1) is 13.8. The Labute approximate surface area is 117 Å². The Kier molecular flexibility index (Phi) is 4.57. The van der Waals surface area contributed by atoms with E-state index < -0.39 is 0 Å². The minimum atomic E-state index is 0.00449. The molecule has 0 aliphatic carbocycles. The molecule has 98 valence electrons. The smallest absolute Gasteiger partial charge is 0.251 e. The van der Waals surface area contributed by atoms with Crippen LogP contribution in [0.1, 0.15) is 35.7 Å². The average molecular weight is 284 g/mol. The Balaban J connectivity index is 1.90. The number of rotatable bonds is 4. The zero-order chi connectivity index (χ0) is 13.0. The Morgan fingerprint density at radius 3 is 2.72 bits per heavy atom. The van der Waals surface area contributed by atoms with Gasteiger partial charge < -0.3 is 5.32 Å². The molecule has 1 aromatic carbocycles. The van der Waals surface area contributed by atoms with Crippen LogP contribution in [0, 0.1) is 0 Å². The van der Waals surface area contributed by atoms with E-state index in [1.165, 1.54) is 18.6 Å². The molecular weight excluding hydrogens is 266 g/mol. The third kappa shape index (κ3) is 3.42. The van der Waals surface area contributed by atoms with Crippen LogP contribution in [-0.4, -0.2) is 23.0 Å². The lowest BCUT2D eigenvalue weighted by Crippen LogP contribution is -2.36. The quantitative estimate of drug-likeness (QED) is 0.858. The third-order valence-electron chi connectivity index (χ3n) is 3.29.